The molecule has 2 aromatic rings. The molecule has 1 amide bonds. The Balaban J connectivity index is 1.84. The van der Waals surface area contributed by atoms with Gasteiger partial charge in [-0.2, -0.15) is 0 Å². The van der Waals surface area contributed by atoms with Crippen LogP contribution in [0.4, 0.5) is 5.69 Å². The Morgan fingerprint density at radius 1 is 1.10 bits per heavy atom. The monoisotopic (exact) mass is 412 g/mol. The van der Waals surface area contributed by atoms with E-state index in [9.17, 15) is 4.79 Å². The van der Waals surface area contributed by atoms with Crippen molar-refractivity contribution in [2.75, 3.05) is 25.2 Å². The lowest BCUT2D eigenvalue weighted by Crippen LogP contribution is -2.30. The van der Waals surface area contributed by atoms with Gasteiger partial charge < -0.3 is 19.5 Å². The van der Waals surface area contributed by atoms with E-state index >= 15 is 0 Å². The first-order chi connectivity index (χ1) is 14.1. The molecule has 152 valence electrons. The van der Waals surface area contributed by atoms with Gasteiger partial charge in [-0.05, 0) is 74.1 Å². The molecule has 1 fully saturated rings. The van der Waals surface area contributed by atoms with E-state index in [0.717, 1.165) is 22.6 Å². The van der Waals surface area contributed by atoms with Gasteiger partial charge >= 0.3 is 0 Å². The highest BCUT2D eigenvalue weighted by Crippen LogP contribution is 2.26. The maximum atomic E-state index is 12.9. The Hall–Kier alpha value is -2.90. The number of hydrogen-bond donors (Lipinski definition) is 1. The van der Waals surface area contributed by atoms with Gasteiger partial charge in [0.25, 0.3) is 5.91 Å². The molecule has 29 heavy (non-hydrogen) atoms. The van der Waals surface area contributed by atoms with Gasteiger partial charge in [0.15, 0.2) is 5.11 Å². The standard InChI is InChI=1S/C22H24N2O4S/c1-4-27-14-16-12-15(6-11-20(16)26-3)13-19-21(25)24(22(29)23-19)17-7-9-18(10-8-17)28-5-2/h6-13H,4-5,14H2,1-3H3,(H,23,29)/b19-13+. The van der Waals surface area contributed by atoms with Gasteiger partial charge in [-0.1, -0.05) is 6.07 Å². The topological polar surface area (TPSA) is 60.0 Å². The molecule has 0 aromatic heterocycles. The Kier molecular flexibility index (Phi) is 6.85. The van der Waals surface area contributed by atoms with Crippen molar-refractivity contribution < 1.29 is 19.0 Å². The highest BCUT2D eigenvalue weighted by atomic mass is 32.1. The first-order valence-corrected chi connectivity index (χ1v) is 9.82. The largest absolute Gasteiger partial charge is 0.496 e. The lowest BCUT2D eigenvalue weighted by Gasteiger charge is -2.14. The smallest absolute Gasteiger partial charge is 0.281 e. The van der Waals surface area contributed by atoms with Crippen molar-refractivity contribution in [3.05, 3.63) is 59.3 Å². The van der Waals surface area contributed by atoms with Gasteiger partial charge in [-0.25, -0.2) is 0 Å². The van der Waals surface area contributed by atoms with Crippen LogP contribution in [0.15, 0.2) is 48.2 Å². The van der Waals surface area contributed by atoms with Crippen LogP contribution in [0.2, 0.25) is 0 Å². The molecule has 1 N–H and O–H groups in total. The zero-order valence-corrected chi connectivity index (χ0v) is 17.5. The summed E-state index contributed by atoms with van der Waals surface area (Å²) in [7, 11) is 1.62. The molecule has 6 nitrogen and oxygen atoms in total. The molecule has 1 aliphatic heterocycles. The Labute approximate surface area is 176 Å². The third-order valence-electron chi connectivity index (χ3n) is 4.36. The van der Waals surface area contributed by atoms with Gasteiger partial charge in [-0.3, -0.25) is 9.69 Å². The number of anilines is 1. The van der Waals surface area contributed by atoms with Gasteiger partial charge in [-0.15, -0.1) is 0 Å². The van der Waals surface area contributed by atoms with Crippen LogP contribution in [0, 0.1) is 0 Å². The Bertz CT molecular complexity index is 925. The second-order valence-corrected chi connectivity index (χ2v) is 6.65. The van der Waals surface area contributed by atoms with Gasteiger partial charge in [0.2, 0.25) is 0 Å². The number of carbonyl (C=O) groups excluding carboxylic acids is 1. The average Bonchev–Trinajstić information content (AvgIpc) is 3.00. The van der Waals surface area contributed by atoms with E-state index in [1.165, 1.54) is 4.90 Å². The Morgan fingerprint density at radius 2 is 1.86 bits per heavy atom. The van der Waals surface area contributed by atoms with E-state index in [1.54, 1.807) is 13.2 Å². The number of methoxy groups -OCH3 is 1. The molecule has 1 heterocycles. The minimum absolute atomic E-state index is 0.207. The maximum Gasteiger partial charge on any atom is 0.281 e. The van der Waals surface area contributed by atoms with Crippen LogP contribution >= 0.6 is 12.2 Å². The first-order valence-electron chi connectivity index (χ1n) is 9.42. The molecular formula is C22H24N2O4S. The minimum atomic E-state index is -0.207. The molecule has 2 aromatic carbocycles. The van der Waals surface area contributed by atoms with E-state index in [4.69, 9.17) is 26.4 Å². The van der Waals surface area contributed by atoms with E-state index in [2.05, 4.69) is 5.32 Å². The molecular weight excluding hydrogens is 388 g/mol. The van der Waals surface area contributed by atoms with Crippen molar-refractivity contribution in [1.29, 1.82) is 0 Å². The van der Waals surface area contributed by atoms with Gasteiger partial charge in [0.1, 0.15) is 17.2 Å². The molecule has 0 unspecified atom stereocenters. The van der Waals surface area contributed by atoms with E-state index in [1.807, 2.05) is 56.3 Å². The molecule has 0 bridgehead atoms. The van der Waals surface area contributed by atoms with Crippen molar-refractivity contribution in [2.45, 2.75) is 20.5 Å². The number of rotatable bonds is 8. The van der Waals surface area contributed by atoms with Crippen LogP contribution in [-0.2, 0) is 16.1 Å². The molecule has 0 atom stereocenters. The summed E-state index contributed by atoms with van der Waals surface area (Å²) in [5, 5.41) is 3.35. The fraction of sp³-hybridized carbons (Fsp3) is 0.273. The van der Waals surface area contributed by atoms with Crippen molar-refractivity contribution in [3.8, 4) is 11.5 Å². The highest BCUT2D eigenvalue weighted by molar-refractivity contribution is 7.80. The van der Waals surface area contributed by atoms with Crippen molar-refractivity contribution >= 4 is 35.0 Å². The molecule has 3 rings (SSSR count). The summed E-state index contributed by atoms with van der Waals surface area (Å²) < 4.78 is 16.3. The van der Waals surface area contributed by atoms with E-state index in [0.29, 0.717) is 36.3 Å². The molecule has 0 aliphatic carbocycles. The SMILES string of the molecule is CCOCc1cc(/C=C2/NC(=S)N(c3ccc(OCC)cc3)C2=O)ccc1OC. The van der Waals surface area contributed by atoms with E-state index in [-0.39, 0.29) is 5.91 Å². The van der Waals surface area contributed by atoms with Crippen LogP contribution in [-0.4, -0.2) is 31.3 Å². The fourth-order valence-electron chi connectivity index (χ4n) is 3.01. The summed E-state index contributed by atoms with van der Waals surface area (Å²) in [5.41, 5.74) is 2.87. The van der Waals surface area contributed by atoms with Crippen LogP contribution in [0.1, 0.15) is 25.0 Å². The van der Waals surface area contributed by atoms with Crippen LogP contribution in [0.25, 0.3) is 6.08 Å². The Morgan fingerprint density at radius 3 is 2.52 bits per heavy atom. The van der Waals surface area contributed by atoms with Crippen LogP contribution < -0.4 is 19.7 Å². The lowest BCUT2D eigenvalue weighted by atomic mass is 10.1. The number of hydrogen-bond acceptors (Lipinski definition) is 5. The zero-order valence-electron chi connectivity index (χ0n) is 16.7. The summed E-state index contributed by atoms with van der Waals surface area (Å²) in [6.07, 6.45) is 1.78. The van der Waals surface area contributed by atoms with Gasteiger partial charge in [0, 0.05) is 12.2 Å². The molecule has 0 radical (unpaired) electrons. The molecule has 1 aliphatic rings. The van der Waals surface area contributed by atoms with Crippen LogP contribution in [0.5, 0.6) is 11.5 Å². The maximum absolute atomic E-state index is 12.9. The average molecular weight is 413 g/mol. The number of carbonyl (C=O) groups is 1. The van der Waals surface area contributed by atoms with Crippen molar-refractivity contribution in [2.24, 2.45) is 0 Å². The van der Waals surface area contributed by atoms with Crippen molar-refractivity contribution in [3.63, 3.8) is 0 Å². The summed E-state index contributed by atoms with van der Waals surface area (Å²) >= 11 is 5.38. The zero-order chi connectivity index (χ0) is 20.8. The normalized spacial score (nSPS) is 15.0. The number of ether oxygens (including phenoxy) is 3. The number of nitrogens with zero attached hydrogens (tertiary/aromatic N) is 1. The number of amides is 1. The predicted molar refractivity (Wildman–Crippen MR) is 117 cm³/mol. The molecule has 0 saturated carbocycles. The first kappa shape index (κ1) is 20.8. The number of benzene rings is 2. The second kappa shape index (κ2) is 9.54. The minimum Gasteiger partial charge on any atom is -0.496 e. The quantitative estimate of drug-likeness (QED) is 0.524. The van der Waals surface area contributed by atoms with E-state index < -0.39 is 0 Å². The third kappa shape index (κ3) is 4.75. The molecule has 1 saturated heterocycles. The summed E-state index contributed by atoms with van der Waals surface area (Å²) in [5.74, 6) is 1.29. The number of thiocarbonyl (C=S) groups is 1. The molecule has 0 spiro atoms. The summed E-state index contributed by atoms with van der Waals surface area (Å²) in [6.45, 7) is 5.50. The highest BCUT2D eigenvalue weighted by Gasteiger charge is 2.32. The molecule has 7 heteroatoms. The fourth-order valence-corrected chi connectivity index (χ4v) is 3.31. The number of nitrogens with one attached hydrogen (secondary N) is 1. The lowest BCUT2D eigenvalue weighted by molar-refractivity contribution is -0.113. The predicted octanol–water partition coefficient (Wildman–Crippen LogP) is 3.89. The summed E-state index contributed by atoms with van der Waals surface area (Å²) in [4.78, 5) is 14.4. The van der Waals surface area contributed by atoms with Crippen LogP contribution in [0.3, 0.4) is 0 Å². The van der Waals surface area contributed by atoms with Gasteiger partial charge in [0.05, 0.1) is 26.0 Å². The summed E-state index contributed by atoms with van der Waals surface area (Å²) in [6, 6.07) is 13.0. The third-order valence-corrected chi connectivity index (χ3v) is 4.65. The van der Waals surface area contributed by atoms with Crippen molar-refractivity contribution in [1.82, 2.24) is 5.32 Å². The second-order valence-electron chi connectivity index (χ2n) is 6.26.